The van der Waals surface area contributed by atoms with E-state index in [4.69, 9.17) is 9.26 Å². The van der Waals surface area contributed by atoms with E-state index >= 15 is 0 Å². The van der Waals surface area contributed by atoms with Crippen molar-refractivity contribution in [1.82, 2.24) is 14.7 Å². The molecular weight excluding hydrogens is 326 g/mol. The second-order valence-corrected chi connectivity index (χ2v) is 6.31. The van der Waals surface area contributed by atoms with Crippen LogP contribution in [0, 0.1) is 0 Å². The van der Waals surface area contributed by atoms with E-state index in [1.54, 1.807) is 6.26 Å². The maximum atomic E-state index is 5.82. The molecule has 4 aromatic rings. The van der Waals surface area contributed by atoms with Gasteiger partial charge in [-0.25, -0.2) is 4.98 Å². The molecule has 2 heterocycles. The Hall–Kier alpha value is -2.92. The predicted molar refractivity (Wildman–Crippen MR) is 101 cm³/mol. The van der Waals surface area contributed by atoms with Crippen molar-refractivity contribution in [2.75, 3.05) is 6.61 Å². The van der Waals surface area contributed by atoms with Crippen molar-refractivity contribution in [3.63, 3.8) is 0 Å². The minimum absolute atomic E-state index is 0.0694. The van der Waals surface area contributed by atoms with Crippen LogP contribution < -0.4 is 0 Å². The van der Waals surface area contributed by atoms with Crippen LogP contribution in [0.25, 0.3) is 28.0 Å². The summed E-state index contributed by atoms with van der Waals surface area (Å²) in [6.45, 7) is 4.96. The Labute approximate surface area is 152 Å². The van der Waals surface area contributed by atoms with Crippen LogP contribution in [0.2, 0.25) is 0 Å². The topological polar surface area (TPSA) is 53.1 Å². The number of ether oxygens (including phenoxy) is 1. The average molecular weight is 347 g/mol. The van der Waals surface area contributed by atoms with E-state index in [0.717, 1.165) is 46.6 Å². The first-order valence-corrected chi connectivity index (χ1v) is 8.86. The van der Waals surface area contributed by atoms with Crippen LogP contribution in [0.1, 0.15) is 31.9 Å². The molecule has 132 valence electrons. The molecule has 26 heavy (non-hydrogen) atoms. The second-order valence-electron chi connectivity index (χ2n) is 6.31. The Morgan fingerprint density at radius 3 is 2.88 bits per heavy atom. The Balaban J connectivity index is 1.69. The van der Waals surface area contributed by atoms with E-state index < -0.39 is 0 Å². The van der Waals surface area contributed by atoms with Gasteiger partial charge in [0, 0.05) is 23.9 Å². The summed E-state index contributed by atoms with van der Waals surface area (Å²) in [5.74, 6) is 0. The van der Waals surface area contributed by atoms with Gasteiger partial charge in [-0.15, -0.1) is 0 Å². The van der Waals surface area contributed by atoms with Crippen molar-refractivity contribution in [1.29, 1.82) is 0 Å². The zero-order valence-electron chi connectivity index (χ0n) is 14.9. The van der Waals surface area contributed by atoms with Crippen LogP contribution in [0.3, 0.4) is 0 Å². The normalized spacial score (nSPS) is 12.5. The fourth-order valence-electron chi connectivity index (χ4n) is 3.06. The molecule has 0 aliphatic heterocycles. The third-order valence-corrected chi connectivity index (χ3v) is 4.47. The summed E-state index contributed by atoms with van der Waals surface area (Å²) in [5, 5.41) is 4.01. The van der Waals surface area contributed by atoms with E-state index in [2.05, 4.69) is 58.9 Å². The van der Waals surface area contributed by atoms with Gasteiger partial charge < -0.3 is 9.26 Å². The molecule has 0 saturated carbocycles. The number of hydrogen-bond donors (Lipinski definition) is 0. The Kier molecular flexibility index (Phi) is 4.54. The molecule has 0 spiro atoms. The van der Waals surface area contributed by atoms with Gasteiger partial charge in [-0.05, 0) is 43.2 Å². The van der Waals surface area contributed by atoms with Gasteiger partial charge in [0.05, 0.1) is 17.1 Å². The zero-order valence-corrected chi connectivity index (χ0v) is 14.9. The van der Waals surface area contributed by atoms with Crippen LogP contribution in [-0.4, -0.2) is 21.3 Å². The summed E-state index contributed by atoms with van der Waals surface area (Å²) in [7, 11) is 0. The Bertz CT molecular complexity index is 1010. The molecule has 0 N–H and O–H groups in total. The molecule has 0 bridgehead atoms. The molecule has 2 aromatic carbocycles. The SMILES string of the molecule is CCCOC(C)c1ccc2c(c1)ncn2-c1cccc(-c2ccon2)c1. The lowest BCUT2D eigenvalue weighted by atomic mass is 10.1. The van der Waals surface area contributed by atoms with Gasteiger partial charge in [-0.3, -0.25) is 4.57 Å². The van der Waals surface area contributed by atoms with E-state index in [-0.39, 0.29) is 6.10 Å². The minimum atomic E-state index is 0.0694. The quantitative estimate of drug-likeness (QED) is 0.483. The monoisotopic (exact) mass is 347 g/mol. The fourth-order valence-corrected chi connectivity index (χ4v) is 3.06. The van der Waals surface area contributed by atoms with Crippen LogP contribution in [0.15, 0.2) is 65.6 Å². The summed E-state index contributed by atoms with van der Waals surface area (Å²) >= 11 is 0. The second kappa shape index (κ2) is 7.14. The number of hydrogen-bond acceptors (Lipinski definition) is 4. The molecule has 0 aliphatic rings. The molecule has 4 rings (SSSR count). The molecule has 5 nitrogen and oxygen atoms in total. The summed E-state index contributed by atoms with van der Waals surface area (Å²) in [5.41, 5.74) is 6.04. The highest BCUT2D eigenvalue weighted by atomic mass is 16.5. The minimum Gasteiger partial charge on any atom is -0.374 e. The maximum absolute atomic E-state index is 5.82. The molecule has 0 aliphatic carbocycles. The number of benzene rings is 2. The number of imidazole rings is 1. The molecule has 0 radical (unpaired) electrons. The van der Waals surface area contributed by atoms with Gasteiger partial charge in [0.2, 0.25) is 0 Å². The molecular formula is C21H21N3O2. The maximum Gasteiger partial charge on any atom is 0.124 e. The van der Waals surface area contributed by atoms with Gasteiger partial charge in [0.1, 0.15) is 18.3 Å². The molecule has 1 atom stereocenters. The lowest BCUT2D eigenvalue weighted by Gasteiger charge is -2.13. The van der Waals surface area contributed by atoms with Crippen molar-refractivity contribution < 1.29 is 9.26 Å². The highest BCUT2D eigenvalue weighted by Gasteiger charge is 2.11. The summed E-state index contributed by atoms with van der Waals surface area (Å²) in [6, 6.07) is 16.4. The summed E-state index contributed by atoms with van der Waals surface area (Å²) < 4.78 is 12.9. The predicted octanol–water partition coefficient (Wildman–Crippen LogP) is 5.17. The Morgan fingerprint density at radius 1 is 1.15 bits per heavy atom. The summed E-state index contributed by atoms with van der Waals surface area (Å²) in [4.78, 5) is 4.58. The largest absolute Gasteiger partial charge is 0.374 e. The van der Waals surface area contributed by atoms with E-state index in [0.29, 0.717) is 0 Å². The lowest BCUT2D eigenvalue weighted by molar-refractivity contribution is 0.0663. The first-order valence-electron chi connectivity index (χ1n) is 8.86. The van der Waals surface area contributed by atoms with Crippen LogP contribution >= 0.6 is 0 Å². The smallest absolute Gasteiger partial charge is 0.124 e. The standard InChI is InChI=1S/C21H21N3O2/c1-3-10-25-15(2)16-7-8-21-20(13-16)22-14-24(21)18-6-4-5-17(12-18)19-9-11-26-23-19/h4-9,11-15H,3,10H2,1-2H3. The number of fused-ring (bicyclic) bond motifs is 1. The highest BCUT2D eigenvalue weighted by Crippen LogP contribution is 2.26. The van der Waals surface area contributed by atoms with Crippen molar-refractivity contribution in [3.8, 4) is 16.9 Å². The fraction of sp³-hybridized carbons (Fsp3) is 0.238. The van der Waals surface area contributed by atoms with Crippen LogP contribution in [0.4, 0.5) is 0 Å². The number of nitrogens with zero attached hydrogens (tertiary/aromatic N) is 3. The van der Waals surface area contributed by atoms with E-state index in [1.165, 1.54) is 0 Å². The molecule has 0 fully saturated rings. The molecule has 2 aromatic heterocycles. The summed E-state index contributed by atoms with van der Waals surface area (Å²) in [6.07, 6.45) is 4.52. The van der Waals surface area contributed by atoms with Crippen LogP contribution in [-0.2, 0) is 4.74 Å². The van der Waals surface area contributed by atoms with E-state index in [9.17, 15) is 0 Å². The average Bonchev–Trinajstić information content (AvgIpc) is 3.35. The van der Waals surface area contributed by atoms with Gasteiger partial charge in [0.25, 0.3) is 0 Å². The van der Waals surface area contributed by atoms with Gasteiger partial charge in [-0.2, -0.15) is 0 Å². The van der Waals surface area contributed by atoms with Crippen molar-refractivity contribution in [2.45, 2.75) is 26.4 Å². The lowest BCUT2D eigenvalue weighted by Crippen LogP contribution is -2.01. The molecule has 5 heteroatoms. The van der Waals surface area contributed by atoms with Crippen molar-refractivity contribution >= 4 is 11.0 Å². The number of rotatable bonds is 6. The van der Waals surface area contributed by atoms with Crippen molar-refractivity contribution in [2.24, 2.45) is 0 Å². The molecule has 0 amide bonds. The van der Waals surface area contributed by atoms with Gasteiger partial charge in [0.15, 0.2) is 0 Å². The number of aromatic nitrogens is 3. The molecule has 0 saturated heterocycles. The van der Waals surface area contributed by atoms with Gasteiger partial charge >= 0.3 is 0 Å². The first-order chi connectivity index (χ1) is 12.8. The Morgan fingerprint density at radius 2 is 2.08 bits per heavy atom. The highest BCUT2D eigenvalue weighted by molar-refractivity contribution is 5.78. The van der Waals surface area contributed by atoms with E-state index in [1.807, 2.05) is 24.5 Å². The van der Waals surface area contributed by atoms with Crippen molar-refractivity contribution in [3.05, 3.63) is 66.7 Å². The molecule has 1 unspecified atom stereocenters. The van der Waals surface area contributed by atoms with Crippen LogP contribution in [0.5, 0.6) is 0 Å². The third-order valence-electron chi connectivity index (χ3n) is 4.47. The van der Waals surface area contributed by atoms with Gasteiger partial charge in [-0.1, -0.05) is 30.3 Å². The first kappa shape index (κ1) is 16.5. The third kappa shape index (κ3) is 3.13. The zero-order chi connectivity index (χ0) is 17.9.